The lowest BCUT2D eigenvalue weighted by atomic mass is 10.2. The summed E-state index contributed by atoms with van der Waals surface area (Å²) in [5, 5.41) is 5.77. The van der Waals surface area contributed by atoms with Crippen LogP contribution < -0.4 is 16.0 Å². The minimum absolute atomic E-state index is 0.202. The van der Waals surface area contributed by atoms with Crippen molar-refractivity contribution >= 4 is 34.0 Å². The van der Waals surface area contributed by atoms with Gasteiger partial charge in [0.15, 0.2) is 12.4 Å². The maximum Gasteiger partial charge on any atom is 0.282 e. The van der Waals surface area contributed by atoms with Gasteiger partial charge in [0.2, 0.25) is 5.82 Å². The van der Waals surface area contributed by atoms with Crippen molar-refractivity contribution in [2.45, 2.75) is 0 Å². The molecule has 0 saturated carbocycles. The Morgan fingerprint density at radius 2 is 1.82 bits per heavy atom. The number of hydrogen-bond acceptors (Lipinski definition) is 6. The summed E-state index contributed by atoms with van der Waals surface area (Å²) in [6.07, 6.45) is 1.54. The van der Waals surface area contributed by atoms with Crippen LogP contribution >= 0.6 is 0 Å². The molecule has 0 atom stereocenters. The Bertz CT molecular complexity index is 1530. The Hall–Kier alpha value is -4.72. The van der Waals surface area contributed by atoms with Crippen molar-refractivity contribution in [3.8, 4) is 17.3 Å². The third-order valence-electron chi connectivity index (χ3n) is 4.98. The van der Waals surface area contributed by atoms with E-state index in [4.69, 9.17) is 14.9 Å². The van der Waals surface area contributed by atoms with E-state index in [1.807, 2.05) is 36.4 Å². The Morgan fingerprint density at radius 3 is 2.61 bits per heavy atom. The lowest BCUT2D eigenvalue weighted by Crippen LogP contribution is -2.20. The van der Waals surface area contributed by atoms with Crippen LogP contribution in [0.5, 0.6) is 5.75 Å². The van der Waals surface area contributed by atoms with Gasteiger partial charge in [-0.25, -0.2) is 4.98 Å². The second-order valence-corrected chi connectivity index (χ2v) is 7.29. The summed E-state index contributed by atoms with van der Waals surface area (Å²) in [7, 11) is 0. The number of furan rings is 1. The fourth-order valence-electron chi connectivity index (χ4n) is 3.41. The average Bonchev–Trinajstić information content (AvgIpc) is 3.27. The van der Waals surface area contributed by atoms with E-state index >= 15 is 0 Å². The number of amides is 1. The van der Waals surface area contributed by atoms with Crippen LogP contribution in [0.15, 0.2) is 93.2 Å². The number of fused-ring (bicyclic) bond motifs is 2. The van der Waals surface area contributed by atoms with Crippen LogP contribution in [0.2, 0.25) is 0 Å². The van der Waals surface area contributed by atoms with Crippen molar-refractivity contribution in [2.24, 2.45) is 10.8 Å². The summed E-state index contributed by atoms with van der Waals surface area (Å²) < 4.78 is 12.5. The third kappa shape index (κ3) is 4.09. The number of primary amides is 1. The highest BCUT2D eigenvalue weighted by Gasteiger charge is 2.16. The predicted octanol–water partition coefficient (Wildman–Crippen LogP) is 3.56. The fraction of sp³-hybridized carbons (Fsp3) is 0.0400. The molecule has 1 amide bonds. The number of benzene rings is 3. The Balaban J connectivity index is 1.58. The SMILES string of the molecule is NC(=O)COc1ccc(C=Nn2c(-c3cc4ccccc4o3)nc3ccccc3c2=O)cc1. The van der Waals surface area contributed by atoms with E-state index in [0.29, 0.717) is 33.8 Å². The molecule has 33 heavy (non-hydrogen) atoms. The molecule has 0 spiro atoms. The highest BCUT2D eigenvalue weighted by Crippen LogP contribution is 2.27. The molecule has 0 saturated heterocycles. The zero-order valence-corrected chi connectivity index (χ0v) is 17.3. The van der Waals surface area contributed by atoms with E-state index in [1.54, 1.807) is 48.7 Å². The normalized spacial score (nSPS) is 11.4. The number of ether oxygens (including phenoxy) is 1. The van der Waals surface area contributed by atoms with E-state index in [9.17, 15) is 9.59 Å². The molecule has 5 rings (SSSR count). The molecule has 3 aromatic carbocycles. The highest BCUT2D eigenvalue weighted by atomic mass is 16.5. The Kier molecular flexibility index (Phi) is 5.16. The number of aromatic nitrogens is 2. The van der Waals surface area contributed by atoms with E-state index in [2.05, 4.69) is 10.1 Å². The van der Waals surface area contributed by atoms with Crippen LogP contribution in [-0.2, 0) is 4.79 Å². The first-order valence-corrected chi connectivity index (χ1v) is 10.1. The number of carbonyl (C=O) groups is 1. The van der Waals surface area contributed by atoms with Gasteiger partial charge < -0.3 is 14.9 Å². The molecule has 0 aliphatic carbocycles. The number of nitrogens with zero attached hydrogens (tertiary/aromatic N) is 3. The molecule has 162 valence electrons. The second-order valence-electron chi connectivity index (χ2n) is 7.29. The standard InChI is InChI=1S/C25H18N4O4/c26-23(30)15-32-18-11-9-16(10-12-18)14-27-29-24(22-13-17-5-1-4-8-21(17)33-22)28-20-7-3-2-6-19(20)25(29)31/h1-14H,15H2,(H2,26,30). The zero-order valence-electron chi connectivity index (χ0n) is 17.3. The van der Waals surface area contributed by atoms with Crippen LogP contribution in [0.4, 0.5) is 0 Å². The summed E-state index contributed by atoms with van der Waals surface area (Å²) in [6, 6.07) is 23.4. The molecule has 0 aliphatic heterocycles. The van der Waals surface area contributed by atoms with Gasteiger partial charge in [0, 0.05) is 5.39 Å². The minimum atomic E-state index is -0.554. The topological polar surface area (TPSA) is 113 Å². The van der Waals surface area contributed by atoms with Crippen LogP contribution in [0.25, 0.3) is 33.5 Å². The molecule has 0 bridgehead atoms. The van der Waals surface area contributed by atoms with Crippen molar-refractivity contribution in [3.05, 3.63) is 94.8 Å². The monoisotopic (exact) mass is 438 g/mol. The molecule has 0 radical (unpaired) electrons. The zero-order chi connectivity index (χ0) is 22.8. The minimum Gasteiger partial charge on any atom is -0.484 e. The molecule has 8 nitrogen and oxygen atoms in total. The van der Waals surface area contributed by atoms with Gasteiger partial charge in [-0.05, 0) is 54.1 Å². The van der Waals surface area contributed by atoms with Crippen LogP contribution in [0.1, 0.15) is 5.56 Å². The first-order valence-electron chi connectivity index (χ1n) is 10.1. The van der Waals surface area contributed by atoms with Crippen molar-refractivity contribution in [1.82, 2.24) is 9.66 Å². The Morgan fingerprint density at radius 1 is 1.06 bits per heavy atom. The fourth-order valence-corrected chi connectivity index (χ4v) is 3.41. The maximum atomic E-state index is 13.3. The van der Waals surface area contributed by atoms with Crippen molar-refractivity contribution in [1.29, 1.82) is 0 Å². The van der Waals surface area contributed by atoms with Gasteiger partial charge in [0.05, 0.1) is 17.1 Å². The summed E-state index contributed by atoms with van der Waals surface area (Å²) in [5.41, 5.74) is 6.75. The molecule has 2 heterocycles. The van der Waals surface area contributed by atoms with Gasteiger partial charge >= 0.3 is 0 Å². The maximum absolute atomic E-state index is 13.3. The highest BCUT2D eigenvalue weighted by molar-refractivity contribution is 5.84. The largest absolute Gasteiger partial charge is 0.484 e. The molecule has 8 heteroatoms. The number of carbonyl (C=O) groups excluding carboxylic acids is 1. The first-order chi connectivity index (χ1) is 16.1. The summed E-state index contributed by atoms with van der Waals surface area (Å²) >= 11 is 0. The number of para-hydroxylation sites is 2. The van der Waals surface area contributed by atoms with Crippen molar-refractivity contribution < 1.29 is 13.9 Å². The van der Waals surface area contributed by atoms with E-state index in [-0.39, 0.29) is 12.2 Å². The first kappa shape index (κ1) is 20.2. The number of nitrogens with two attached hydrogens (primary N) is 1. The van der Waals surface area contributed by atoms with E-state index in [0.717, 1.165) is 10.9 Å². The summed E-state index contributed by atoms with van der Waals surface area (Å²) in [5.74, 6) is 0.680. The van der Waals surface area contributed by atoms with Crippen LogP contribution in [-0.4, -0.2) is 28.4 Å². The molecule has 5 aromatic rings. The molecule has 0 aliphatic rings. The summed E-state index contributed by atoms with van der Waals surface area (Å²) in [4.78, 5) is 28.8. The van der Waals surface area contributed by atoms with Gasteiger partial charge in [-0.15, -0.1) is 0 Å². The van der Waals surface area contributed by atoms with E-state index in [1.165, 1.54) is 4.68 Å². The lowest BCUT2D eigenvalue weighted by molar-refractivity contribution is -0.119. The van der Waals surface area contributed by atoms with Gasteiger partial charge in [0.25, 0.3) is 11.5 Å². The quantitative estimate of drug-likeness (QED) is 0.407. The average molecular weight is 438 g/mol. The molecule has 0 unspecified atom stereocenters. The van der Waals surface area contributed by atoms with Crippen LogP contribution in [0.3, 0.4) is 0 Å². The smallest absolute Gasteiger partial charge is 0.282 e. The third-order valence-corrected chi connectivity index (χ3v) is 4.98. The molecular formula is C25H18N4O4. The van der Waals surface area contributed by atoms with Crippen molar-refractivity contribution in [3.63, 3.8) is 0 Å². The van der Waals surface area contributed by atoms with Crippen molar-refractivity contribution in [2.75, 3.05) is 6.61 Å². The molecular weight excluding hydrogens is 420 g/mol. The number of hydrogen-bond donors (Lipinski definition) is 1. The molecule has 2 N–H and O–H groups in total. The Labute approximate surface area is 187 Å². The number of rotatable bonds is 6. The predicted molar refractivity (Wildman–Crippen MR) is 125 cm³/mol. The van der Waals surface area contributed by atoms with E-state index < -0.39 is 5.91 Å². The van der Waals surface area contributed by atoms with Gasteiger partial charge in [-0.2, -0.15) is 9.78 Å². The van der Waals surface area contributed by atoms with Gasteiger partial charge in [0.1, 0.15) is 11.3 Å². The summed E-state index contributed by atoms with van der Waals surface area (Å²) in [6.45, 7) is -0.202. The van der Waals surface area contributed by atoms with Gasteiger partial charge in [-0.1, -0.05) is 30.3 Å². The molecule has 0 fully saturated rings. The second kappa shape index (κ2) is 8.43. The lowest BCUT2D eigenvalue weighted by Gasteiger charge is -2.07. The molecule has 2 aromatic heterocycles. The van der Waals surface area contributed by atoms with Gasteiger partial charge in [-0.3, -0.25) is 9.59 Å². The van der Waals surface area contributed by atoms with Crippen LogP contribution in [0, 0.1) is 0 Å².